The normalized spacial score (nSPS) is 12.6. The van der Waals surface area contributed by atoms with Gasteiger partial charge in [0.2, 0.25) is 0 Å². The molecule has 0 aliphatic heterocycles. The first kappa shape index (κ1) is 9.88. The molecular weight excluding hydrogens is 173 g/mol. The van der Waals surface area contributed by atoms with E-state index in [1.54, 1.807) is 0 Å². The Morgan fingerprint density at radius 3 is 2.30 bits per heavy atom. The van der Waals surface area contributed by atoms with Gasteiger partial charge in [0.15, 0.2) is 0 Å². The van der Waals surface area contributed by atoms with Gasteiger partial charge in [0.05, 0.1) is 6.04 Å². The number of carbonyl (C=O) groups excluding carboxylic acids is 1. The number of hydrogen-bond donors (Lipinski definition) is 2. The van der Waals surface area contributed by atoms with E-state index < -0.39 is 13.9 Å². The number of carbonyl (C=O) groups is 1. The van der Waals surface area contributed by atoms with Gasteiger partial charge in [-0.25, -0.2) is 9.13 Å². The van der Waals surface area contributed by atoms with Gasteiger partial charge in [-0.1, -0.05) is 0 Å². The first-order valence-corrected chi connectivity index (χ1v) is 4.40. The Morgan fingerprint density at radius 2 is 2.20 bits per heavy atom. The summed E-state index contributed by atoms with van der Waals surface area (Å²) in [6.45, 7) is 1.31. The summed E-state index contributed by atoms with van der Waals surface area (Å²) in [6.07, 6.45) is 0. The molecule has 0 bridgehead atoms. The number of thiol groups is 1. The van der Waals surface area contributed by atoms with E-state index in [1.807, 2.05) is 0 Å². The van der Waals surface area contributed by atoms with Crippen LogP contribution in [0.1, 0.15) is 6.92 Å². The van der Waals surface area contributed by atoms with Crippen LogP contribution in [-0.2, 0) is 13.9 Å². The molecule has 0 aromatic rings. The maximum absolute atomic E-state index is 10.5. The van der Waals surface area contributed by atoms with E-state index in [9.17, 15) is 13.9 Å². The molecule has 0 aliphatic rings. The van der Waals surface area contributed by atoms with E-state index in [4.69, 9.17) is 0 Å². The lowest BCUT2D eigenvalue weighted by atomic mass is 10.3. The summed E-state index contributed by atoms with van der Waals surface area (Å²) in [7, 11) is -2.70. The second-order valence-electron chi connectivity index (χ2n) is 1.73. The summed E-state index contributed by atoms with van der Waals surface area (Å²) in [5.74, 6) is -0.0345. The third-order valence-electron chi connectivity index (χ3n) is 0.935. The highest BCUT2D eigenvalue weighted by Crippen LogP contribution is 2.00. The Labute approximate surface area is 64.7 Å². The molecule has 0 spiro atoms. The zero-order chi connectivity index (χ0) is 8.15. The van der Waals surface area contributed by atoms with Crippen molar-refractivity contribution in [2.45, 2.75) is 13.0 Å². The second kappa shape index (κ2) is 4.66. The van der Waals surface area contributed by atoms with Crippen molar-refractivity contribution in [1.82, 2.24) is 5.09 Å². The molecule has 0 fully saturated rings. The standard InChI is InChI=1S/C4H8NO3PS/c1-3(6)4(2-10)5-9(7)8/h4,10H,2H2,1H3,(H,5,7,8)/t4-/m0/s1. The monoisotopic (exact) mass is 181 g/mol. The van der Waals surface area contributed by atoms with Gasteiger partial charge in [-0.15, -0.1) is 0 Å². The molecule has 0 heterocycles. The quantitative estimate of drug-likeness (QED) is 0.491. The summed E-state index contributed by atoms with van der Waals surface area (Å²) in [5.41, 5.74) is 0. The van der Waals surface area contributed by atoms with Gasteiger partial charge in [0.25, 0.3) is 0 Å². The van der Waals surface area contributed by atoms with Crippen LogP contribution < -0.4 is 5.09 Å². The maximum atomic E-state index is 10.5. The van der Waals surface area contributed by atoms with Crippen LogP contribution in [0.2, 0.25) is 0 Å². The molecule has 10 heavy (non-hydrogen) atoms. The lowest BCUT2D eigenvalue weighted by Crippen LogP contribution is -2.31. The van der Waals surface area contributed by atoms with E-state index >= 15 is 0 Å². The molecule has 0 amide bonds. The van der Waals surface area contributed by atoms with Crippen molar-refractivity contribution in [3.8, 4) is 0 Å². The minimum atomic E-state index is -2.70. The molecule has 0 saturated carbocycles. The van der Waals surface area contributed by atoms with Gasteiger partial charge in [0, 0.05) is 5.75 Å². The fourth-order valence-electron chi connectivity index (χ4n) is 0.388. The average molecular weight is 181 g/mol. The van der Waals surface area contributed by atoms with Crippen molar-refractivity contribution in [1.29, 1.82) is 0 Å². The van der Waals surface area contributed by atoms with E-state index in [-0.39, 0.29) is 11.5 Å². The molecule has 0 unspecified atom stereocenters. The summed E-state index contributed by atoms with van der Waals surface area (Å²) >= 11 is 3.78. The first-order chi connectivity index (χ1) is 4.57. The summed E-state index contributed by atoms with van der Waals surface area (Å²) in [6, 6.07) is -0.676. The number of nitrogens with one attached hydrogen (secondary N) is 1. The van der Waals surface area contributed by atoms with Crippen LogP contribution in [0, 0.1) is 0 Å². The highest BCUT2D eigenvalue weighted by atomic mass is 32.1. The van der Waals surface area contributed by atoms with Gasteiger partial charge in [0.1, 0.15) is 5.78 Å². The average Bonchev–Trinajstić information content (AvgIpc) is 1.81. The number of hydrogen-bond acceptors (Lipinski definition) is 4. The van der Waals surface area contributed by atoms with Gasteiger partial charge in [-0.3, -0.25) is 4.79 Å². The van der Waals surface area contributed by atoms with Crippen molar-refractivity contribution in [3.05, 3.63) is 0 Å². The molecule has 0 rings (SSSR count). The summed E-state index contributed by atoms with van der Waals surface area (Å²) in [4.78, 5) is 10.5. The predicted molar refractivity (Wildman–Crippen MR) is 39.8 cm³/mol. The van der Waals surface area contributed by atoms with Gasteiger partial charge in [-0.2, -0.15) is 17.7 Å². The Hall–Kier alpha value is -0.120. The molecule has 1 atom stereocenters. The van der Waals surface area contributed by atoms with Crippen LogP contribution in [0.3, 0.4) is 0 Å². The van der Waals surface area contributed by atoms with Crippen molar-refractivity contribution >= 4 is 26.2 Å². The maximum Gasteiger partial charge on any atom is 0.396 e. The molecule has 4 nitrogen and oxygen atoms in total. The summed E-state index contributed by atoms with van der Waals surface area (Å²) in [5, 5.41) is 2.06. The minimum absolute atomic E-state index is 0.193. The molecule has 58 valence electrons. The predicted octanol–water partition coefficient (Wildman–Crippen LogP) is 0.551. The largest absolute Gasteiger partial charge is 0.396 e. The lowest BCUT2D eigenvalue weighted by Gasteiger charge is -2.04. The highest BCUT2D eigenvalue weighted by molar-refractivity contribution is 7.80. The molecule has 0 aromatic heterocycles. The van der Waals surface area contributed by atoms with E-state index in [0.717, 1.165) is 0 Å². The second-order valence-corrected chi connectivity index (χ2v) is 2.87. The lowest BCUT2D eigenvalue weighted by molar-refractivity contribution is -0.118. The van der Waals surface area contributed by atoms with Crippen molar-refractivity contribution in [2.75, 3.05) is 5.75 Å². The molecule has 0 radical (unpaired) electrons. The Kier molecular flexibility index (Phi) is 4.60. The molecule has 1 N–H and O–H groups in total. The number of Topliss-reactive ketones (excluding diaryl/α,β-unsaturated/α-hetero) is 1. The van der Waals surface area contributed by atoms with Crippen molar-refractivity contribution in [3.63, 3.8) is 0 Å². The Morgan fingerprint density at radius 1 is 1.70 bits per heavy atom. The van der Waals surface area contributed by atoms with Crippen LogP contribution in [0.15, 0.2) is 0 Å². The fraction of sp³-hybridized carbons (Fsp3) is 0.750. The van der Waals surface area contributed by atoms with E-state index in [1.165, 1.54) is 6.92 Å². The minimum Gasteiger partial charge on any atom is -0.298 e. The molecule has 0 saturated heterocycles. The van der Waals surface area contributed by atoms with Crippen molar-refractivity contribution < 1.29 is 13.9 Å². The number of rotatable bonds is 4. The molecule has 0 aromatic carbocycles. The third kappa shape index (κ3) is 3.82. The summed E-state index contributed by atoms with van der Waals surface area (Å²) < 4.78 is 20.0. The van der Waals surface area contributed by atoms with Crippen molar-refractivity contribution in [2.24, 2.45) is 0 Å². The topological polar surface area (TPSA) is 63.2 Å². The highest BCUT2D eigenvalue weighted by Gasteiger charge is 2.12. The van der Waals surface area contributed by atoms with Crippen LogP contribution >= 0.6 is 20.5 Å². The van der Waals surface area contributed by atoms with Crippen LogP contribution in [0.25, 0.3) is 0 Å². The Balaban J connectivity index is 3.96. The van der Waals surface area contributed by atoms with E-state index in [0.29, 0.717) is 0 Å². The molecule has 6 heteroatoms. The van der Waals surface area contributed by atoms with Crippen LogP contribution in [0.5, 0.6) is 0 Å². The Bertz CT molecular complexity index is 183. The van der Waals surface area contributed by atoms with Crippen LogP contribution in [0.4, 0.5) is 0 Å². The number of ketones is 1. The smallest absolute Gasteiger partial charge is 0.298 e. The van der Waals surface area contributed by atoms with Gasteiger partial charge < -0.3 is 0 Å². The molecule has 0 aliphatic carbocycles. The van der Waals surface area contributed by atoms with E-state index in [2.05, 4.69) is 17.7 Å². The first-order valence-electron chi connectivity index (χ1n) is 2.59. The zero-order valence-corrected chi connectivity index (χ0v) is 7.19. The SMILES string of the molecule is CC(=O)[C@H](CS)NP(=O)=O. The zero-order valence-electron chi connectivity index (χ0n) is 5.40. The fourth-order valence-corrected chi connectivity index (χ4v) is 1.41. The van der Waals surface area contributed by atoms with Crippen LogP contribution in [-0.4, -0.2) is 17.6 Å². The molecular formula is C4H8NO3PS. The third-order valence-corrected chi connectivity index (χ3v) is 1.82. The van der Waals surface area contributed by atoms with Gasteiger partial charge in [-0.05, 0) is 6.92 Å². The van der Waals surface area contributed by atoms with Gasteiger partial charge >= 0.3 is 7.83 Å².